The van der Waals surface area contributed by atoms with Gasteiger partial charge in [0.2, 0.25) is 0 Å². The Balaban J connectivity index is 1.91. The Bertz CT molecular complexity index is 1170. The van der Waals surface area contributed by atoms with Gasteiger partial charge in [-0.05, 0) is 36.1 Å². The van der Waals surface area contributed by atoms with E-state index in [1.165, 1.54) is 15.9 Å². The first-order valence-corrected chi connectivity index (χ1v) is 9.18. The minimum Gasteiger partial charge on any atom is -0.273 e. The Kier molecular flexibility index (Phi) is 4.26. The van der Waals surface area contributed by atoms with Crippen molar-refractivity contribution in [2.24, 2.45) is 0 Å². The molecule has 0 bridgehead atoms. The Morgan fingerprint density at radius 3 is 2.50 bits per heavy atom. The van der Waals surface area contributed by atoms with E-state index in [2.05, 4.69) is 4.98 Å². The molecule has 0 aliphatic rings. The molecule has 5 nitrogen and oxygen atoms in total. The molecule has 130 valence electrons. The molecule has 1 aromatic carbocycles. The summed E-state index contributed by atoms with van der Waals surface area (Å²) in [6, 6.07) is 15.3. The number of hydrogen-bond acceptors (Lipinski definition) is 4. The van der Waals surface area contributed by atoms with Crippen LogP contribution in [-0.2, 0) is 13.1 Å². The molecule has 0 fully saturated rings. The average molecular weight is 363 g/mol. The maximum atomic E-state index is 13.1. The van der Waals surface area contributed by atoms with Gasteiger partial charge < -0.3 is 0 Å². The number of thiophene rings is 1. The normalized spacial score (nSPS) is 11.1. The predicted molar refractivity (Wildman–Crippen MR) is 104 cm³/mol. The quantitative estimate of drug-likeness (QED) is 0.560. The second kappa shape index (κ2) is 6.72. The zero-order valence-electron chi connectivity index (χ0n) is 14.3. The highest BCUT2D eigenvalue weighted by molar-refractivity contribution is 7.09. The minimum absolute atomic E-state index is 0.272. The molecule has 0 aliphatic heterocycles. The Morgan fingerprint density at radius 2 is 1.77 bits per heavy atom. The zero-order valence-corrected chi connectivity index (χ0v) is 15.1. The first kappa shape index (κ1) is 16.5. The fraction of sp³-hybridized carbons (Fsp3) is 0.150. The summed E-state index contributed by atoms with van der Waals surface area (Å²) in [4.78, 5) is 31.2. The van der Waals surface area contributed by atoms with Gasteiger partial charge in [-0.2, -0.15) is 0 Å². The Morgan fingerprint density at radius 1 is 0.962 bits per heavy atom. The third kappa shape index (κ3) is 2.99. The van der Waals surface area contributed by atoms with E-state index in [9.17, 15) is 9.59 Å². The van der Waals surface area contributed by atoms with Gasteiger partial charge in [0, 0.05) is 11.1 Å². The van der Waals surface area contributed by atoms with Crippen LogP contribution in [0.5, 0.6) is 0 Å². The summed E-state index contributed by atoms with van der Waals surface area (Å²) in [5, 5.41) is 2.39. The van der Waals surface area contributed by atoms with E-state index in [1.807, 2.05) is 48.7 Å². The van der Waals surface area contributed by atoms with Gasteiger partial charge in [-0.15, -0.1) is 11.3 Å². The van der Waals surface area contributed by atoms with E-state index in [-0.39, 0.29) is 17.8 Å². The standard InChI is InChI=1S/C20H17N3O2S/c1-14-6-8-15(9-7-14)12-22-18-17(5-2-10-21-18)19(24)23(20(22)25)13-16-4-3-11-26-16/h2-11H,12-13H2,1H3. The van der Waals surface area contributed by atoms with Gasteiger partial charge in [0.1, 0.15) is 5.65 Å². The van der Waals surface area contributed by atoms with Crippen molar-refractivity contribution >= 4 is 22.4 Å². The van der Waals surface area contributed by atoms with Crippen molar-refractivity contribution in [2.75, 3.05) is 0 Å². The average Bonchev–Trinajstić information content (AvgIpc) is 3.17. The van der Waals surface area contributed by atoms with E-state index in [4.69, 9.17) is 0 Å². The molecule has 0 unspecified atom stereocenters. The molecule has 0 spiro atoms. The maximum absolute atomic E-state index is 13.1. The van der Waals surface area contributed by atoms with Crippen molar-refractivity contribution in [1.82, 2.24) is 14.1 Å². The van der Waals surface area contributed by atoms with Crippen LogP contribution < -0.4 is 11.2 Å². The maximum Gasteiger partial charge on any atom is 0.333 e. The van der Waals surface area contributed by atoms with Crippen LogP contribution in [-0.4, -0.2) is 14.1 Å². The smallest absolute Gasteiger partial charge is 0.273 e. The lowest BCUT2D eigenvalue weighted by molar-refractivity contribution is 0.634. The summed E-state index contributed by atoms with van der Waals surface area (Å²) < 4.78 is 2.87. The van der Waals surface area contributed by atoms with Crippen LogP contribution >= 0.6 is 11.3 Å². The number of nitrogens with zero attached hydrogens (tertiary/aromatic N) is 3. The SMILES string of the molecule is Cc1ccc(Cn2c(=O)n(Cc3cccs3)c(=O)c3cccnc32)cc1. The van der Waals surface area contributed by atoms with Crippen molar-refractivity contribution in [3.05, 3.63) is 96.9 Å². The van der Waals surface area contributed by atoms with Crippen LogP contribution in [0.1, 0.15) is 16.0 Å². The van der Waals surface area contributed by atoms with Crippen LogP contribution in [0.25, 0.3) is 11.0 Å². The Hall–Kier alpha value is -2.99. The highest BCUT2D eigenvalue weighted by Crippen LogP contribution is 2.12. The summed E-state index contributed by atoms with van der Waals surface area (Å²) in [6.07, 6.45) is 1.61. The largest absolute Gasteiger partial charge is 0.333 e. The van der Waals surface area contributed by atoms with Gasteiger partial charge in [0.05, 0.1) is 18.5 Å². The predicted octanol–water partition coefficient (Wildman–Crippen LogP) is 3.02. The van der Waals surface area contributed by atoms with Gasteiger partial charge >= 0.3 is 5.69 Å². The summed E-state index contributed by atoms with van der Waals surface area (Å²) in [6.45, 7) is 2.67. The van der Waals surface area contributed by atoms with Gasteiger partial charge in [0.15, 0.2) is 0 Å². The van der Waals surface area contributed by atoms with Crippen molar-refractivity contribution in [2.45, 2.75) is 20.0 Å². The lowest BCUT2D eigenvalue weighted by Gasteiger charge is -2.13. The van der Waals surface area contributed by atoms with Gasteiger partial charge in [-0.25, -0.2) is 9.78 Å². The second-order valence-electron chi connectivity index (χ2n) is 6.20. The molecular weight excluding hydrogens is 346 g/mol. The fourth-order valence-corrected chi connectivity index (χ4v) is 3.66. The third-order valence-corrected chi connectivity index (χ3v) is 5.20. The zero-order chi connectivity index (χ0) is 18.1. The van der Waals surface area contributed by atoms with Crippen LogP contribution in [0.15, 0.2) is 69.7 Å². The Labute approximate surface area is 153 Å². The lowest BCUT2D eigenvalue weighted by Crippen LogP contribution is -2.40. The van der Waals surface area contributed by atoms with Crippen LogP contribution in [0.3, 0.4) is 0 Å². The molecule has 4 rings (SSSR count). The molecule has 4 aromatic rings. The molecular formula is C20H17N3O2S. The molecule has 0 N–H and O–H groups in total. The minimum atomic E-state index is -0.338. The van der Waals surface area contributed by atoms with E-state index >= 15 is 0 Å². The number of benzene rings is 1. The summed E-state index contributed by atoms with van der Waals surface area (Å²) in [5.41, 5.74) is 1.94. The van der Waals surface area contributed by atoms with Crippen LogP contribution in [0.2, 0.25) is 0 Å². The monoisotopic (exact) mass is 363 g/mol. The van der Waals surface area contributed by atoms with Gasteiger partial charge in [0.25, 0.3) is 5.56 Å². The summed E-state index contributed by atoms with van der Waals surface area (Å²) >= 11 is 1.53. The number of rotatable bonds is 4. The van der Waals surface area contributed by atoms with E-state index in [1.54, 1.807) is 22.9 Å². The number of fused-ring (bicyclic) bond motifs is 1. The van der Waals surface area contributed by atoms with Crippen molar-refractivity contribution in [3.8, 4) is 0 Å². The summed E-state index contributed by atoms with van der Waals surface area (Å²) in [5.74, 6) is 0. The number of pyridine rings is 1. The van der Waals surface area contributed by atoms with Crippen molar-refractivity contribution in [3.63, 3.8) is 0 Å². The molecule has 26 heavy (non-hydrogen) atoms. The van der Waals surface area contributed by atoms with Gasteiger partial charge in [-0.3, -0.25) is 13.9 Å². The highest BCUT2D eigenvalue weighted by Gasteiger charge is 2.14. The lowest BCUT2D eigenvalue weighted by atomic mass is 10.1. The molecule has 0 amide bonds. The highest BCUT2D eigenvalue weighted by atomic mass is 32.1. The first-order chi connectivity index (χ1) is 12.6. The van der Waals surface area contributed by atoms with Crippen LogP contribution in [0.4, 0.5) is 0 Å². The molecule has 0 saturated heterocycles. The number of aryl methyl sites for hydroxylation is 1. The molecule has 0 saturated carbocycles. The van der Waals surface area contributed by atoms with Crippen LogP contribution in [0, 0.1) is 6.92 Å². The molecule has 3 aromatic heterocycles. The topological polar surface area (TPSA) is 56.9 Å². The molecule has 0 atom stereocenters. The van der Waals surface area contributed by atoms with Crippen molar-refractivity contribution < 1.29 is 0 Å². The molecule has 3 heterocycles. The molecule has 0 radical (unpaired) electrons. The second-order valence-corrected chi connectivity index (χ2v) is 7.23. The van der Waals surface area contributed by atoms with E-state index in [0.717, 1.165) is 16.0 Å². The molecule has 0 aliphatic carbocycles. The van der Waals surface area contributed by atoms with E-state index in [0.29, 0.717) is 17.6 Å². The first-order valence-electron chi connectivity index (χ1n) is 8.30. The fourth-order valence-electron chi connectivity index (χ4n) is 2.96. The molecule has 6 heteroatoms. The summed E-state index contributed by atoms with van der Waals surface area (Å²) in [7, 11) is 0. The van der Waals surface area contributed by atoms with Crippen molar-refractivity contribution in [1.29, 1.82) is 0 Å². The number of aromatic nitrogens is 3. The van der Waals surface area contributed by atoms with Gasteiger partial charge in [-0.1, -0.05) is 35.9 Å². The third-order valence-electron chi connectivity index (χ3n) is 4.34. The number of hydrogen-bond donors (Lipinski definition) is 0. The van der Waals surface area contributed by atoms with E-state index < -0.39 is 0 Å².